The number of methoxy groups -OCH3 is 2. The number of carbonyl (C=O) groups is 2. The second-order valence-corrected chi connectivity index (χ2v) is 9.18. The summed E-state index contributed by atoms with van der Waals surface area (Å²) in [6.45, 7) is 6.22. The van der Waals surface area contributed by atoms with E-state index in [0.717, 1.165) is 5.56 Å². The molecule has 4 rings (SSSR count). The molecule has 2 aromatic carbocycles. The number of hydrogen-bond donors (Lipinski definition) is 1. The van der Waals surface area contributed by atoms with Gasteiger partial charge in [-0.2, -0.15) is 0 Å². The van der Waals surface area contributed by atoms with Gasteiger partial charge in [-0.3, -0.25) is 9.59 Å². The number of nitrogens with zero attached hydrogens (tertiary/aromatic N) is 1. The second-order valence-electron chi connectivity index (χ2n) is 9.18. The highest BCUT2D eigenvalue weighted by Gasteiger charge is 2.54. The third-order valence-electron chi connectivity index (χ3n) is 6.29. The Morgan fingerprint density at radius 1 is 1.17 bits per heavy atom. The lowest BCUT2D eigenvalue weighted by Gasteiger charge is -2.50. The van der Waals surface area contributed by atoms with Crippen molar-refractivity contribution in [2.45, 2.75) is 51.3 Å². The Hall–Kier alpha value is -3.36. The van der Waals surface area contributed by atoms with Gasteiger partial charge in [0.2, 0.25) is 5.91 Å². The predicted molar refractivity (Wildman–Crippen MR) is 130 cm³/mol. The first-order chi connectivity index (χ1) is 16.7. The average Bonchev–Trinajstić information content (AvgIpc) is 3.21. The van der Waals surface area contributed by atoms with E-state index in [-0.39, 0.29) is 23.8 Å². The molecule has 2 aliphatic heterocycles. The molecule has 1 unspecified atom stereocenters. The number of rotatable bonds is 9. The number of ether oxygens (including phenoxy) is 4. The van der Waals surface area contributed by atoms with E-state index >= 15 is 0 Å². The molecule has 0 aliphatic carbocycles. The van der Waals surface area contributed by atoms with Crippen LogP contribution in [-0.2, 0) is 20.8 Å². The Kier molecular flexibility index (Phi) is 7.14. The summed E-state index contributed by atoms with van der Waals surface area (Å²) in [4.78, 5) is 27.7. The summed E-state index contributed by atoms with van der Waals surface area (Å²) in [5.74, 6) is 0.378. The summed E-state index contributed by atoms with van der Waals surface area (Å²) in [6.07, 6.45) is 1.20. The van der Waals surface area contributed by atoms with Gasteiger partial charge in [0.15, 0.2) is 11.6 Å². The molecule has 186 valence electrons. The van der Waals surface area contributed by atoms with Crippen molar-refractivity contribution >= 4 is 11.7 Å². The zero-order valence-electron chi connectivity index (χ0n) is 20.7. The SMILES string of the molecule is COc1ccc(CN2C(=O)[C@@H](NC(C)=CC(=O)c3ccccc3)[C@H]2C2COC(C)(C)O2)c(OC)c1. The predicted octanol–water partition coefficient (Wildman–Crippen LogP) is 3.31. The van der Waals surface area contributed by atoms with Gasteiger partial charge < -0.3 is 29.2 Å². The lowest BCUT2D eigenvalue weighted by molar-refractivity contribution is -0.174. The van der Waals surface area contributed by atoms with Crippen LogP contribution in [0.5, 0.6) is 11.5 Å². The van der Waals surface area contributed by atoms with Crippen LogP contribution in [0, 0.1) is 0 Å². The lowest BCUT2D eigenvalue weighted by atomic mass is 9.89. The molecule has 2 heterocycles. The van der Waals surface area contributed by atoms with E-state index in [1.165, 1.54) is 6.08 Å². The molecule has 3 atom stereocenters. The zero-order chi connectivity index (χ0) is 25.2. The molecule has 2 aromatic rings. The van der Waals surface area contributed by atoms with Gasteiger partial charge in [-0.25, -0.2) is 0 Å². The van der Waals surface area contributed by atoms with E-state index in [4.69, 9.17) is 18.9 Å². The molecule has 1 amide bonds. The van der Waals surface area contributed by atoms with Crippen LogP contribution in [0.3, 0.4) is 0 Å². The number of β-lactam (4-membered cyclic amide) rings is 1. The Labute approximate surface area is 205 Å². The maximum atomic E-state index is 13.3. The third-order valence-corrected chi connectivity index (χ3v) is 6.29. The highest BCUT2D eigenvalue weighted by atomic mass is 16.7. The van der Waals surface area contributed by atoms with Gasteiger partial charge in [0.1, 0.15) is 23.6 Å². The number of carbonyl (C=O) groups excluding carboxylic acids is 2. The van der Waals surface area contributed by atoms with Crippen molar-refractivity contribution in [1.82, 2.24) is 10.2 Å². The van der Waals surface area contributed by atoms with E-state index in [1.54, 1.807) is 44.2 Å². The van der Waals surface area contributed by atoms with Crippen LogP contribution in [0.4, 0.5) is 0 Å². The highest BCUT2D eigenvalue weighted by molar-refractivity contribution is 6.04. The molecule has 0 radical (unpaired) electrons. The van der Waals surface area contributed by atoms with Crippen LogP contribution >= 0.6 is 0 Å². The Morgan fingerprint density at radius 2 is 1.91 bits per heavy atom. The van der Waals surface area contributed by atoms with E-state index in [9.17, 15) is 9.59 Å². The van der Waals surface area contributed by atoms with Gasteiger partial charge >= 0.3 is 0 Å². The van der Waals surface area contributed by atoms with Crippen molar-refractivity contribution in [2.24, 2.45) is 0 Å². The minimum absolute atomic E-state index is 0.0823. The first-order valence-corrected chi connectivity index (χ1v) is 11.6. The molecule has 1 N–H and O–H groups in total. The van der Waals surface area contributed by atoms with Crippen LogP contribution in [0.15, 0.2) is 60.3 Å². The second kappa shape index (κ2) is 10.1. The Morgan fingerprint density at radius 3 is 2.54 bits per heavy atom. The number of nitrogens with one attached hydrogen (secondary N) is 1. The minimum atomic E-state index is -0.731. The number of ketones is 1. The maximum Gasteiger partial charge on any atom is 0.248 e. The number of amides is 1. The monoisotopic (exact) mass is 480 g/mol. The van der Waals surface area contributed by atoms with E-state index in [1.807, 2.05) is 44.2 Å². The van der Waals surface area contributed by atoms with E-state index in [0.29, 0.717) is 35.9 Å². The zero-order valence-corrected chi connectivity index (χ0v) is 20.7. The van der Waals surface area contributed by atoms with Gasteiger partial charge in [0.05, 0.1) is 26.9 Å². The quantitative estimate of drug-likeness (QED) is 0.335. The van der Waals surface area contributed by atoms with Gasteiger partial charge in [-0.1, -0.05) is 30.3 Å². The highest BCUT2D eigenvalue weighted by Crippen LogP contribution is 2.36. The van der Waals surface area contributed by atoms with Crippen molar-refractivity contribution in [3.8, 4) is 11.5 Å². The molecule has 0 bridgehead atoms. The third kappa shape index (κ3) is 5.33. The van der Waals surface area contributed by atoms with E-state index < -0.39 is 11.8 Å². The number of likely N-dealkylation sites (tertiary alicyclic amines) is 1. The molecule has 2 fully saturated rings. The maximum absolute atomic E-state index is 13.3. The fraction of sp³-hybridized carbons (Fsp3) is 0.407. The van der Waals surface area contributed by atoms with Gasteiger partial charge in [0.25, 0.3) is 0 Å². The smallest absolute Gasteiger partial charge is 0.248 e. The molecular weight excluding hydrogens is 448 g/mol. The Balaban J connectivity index is 1.54. The largest absolute Gasteiger partial charge is 0.497 e. The fourth-order valence-electron chi connectivity index (χ4n) is 4.53. The van der Waals surface area contributed by atoms with Crippen LogP contribution in [0.1, 0.15) is 36.7 Å². The van der Waals surface area contributed by atoms with Crippen molar-refractivity contribution in [3.05, 3.63) is 71.4 Å². The average molecular weight is 481 g/mol. The van der Waals surface area contributed by atoms with Gasteiger partial charge in [-0.15, -0.1) is 0 Å². The normalized spacial score (nSPS) is 23.6. The molecular formula is C27H32N2O6. The molecule has 35 heavy (non-hydrogen) atoms. The number of allylic oxidation sites excluding steroid dienone is 2. The topological polar surface area (TPSA) is 86.3 Å². The van der Waals surface area contributed by atoms with Gasteiger partial charge in [0, 0.05) is 35.5 Å². The summed E-state index contributed by atoms with van der Waals surface area (Å²) in [5, 5.41) is 3.25. The lowest BCUT2D eigenvalue weighted by Crippen LogP contribution is -2.73. The Bertz CT molecular complexity index is 1110. The van der Waals surface area contributed by atoms with Crippen LogP contribution in [-0.4, -0.2) is 61.4 Å². The van der Waals surface area contributed by atoms with Crippen molar-refractivity contribution < 1.29 is 28.5 Å². The summed E-state index contributed by atoms with van der Waals surface area (Å²) in [5.41, 5.74) is 2.06. The standard InChI is InChI=1S/C27H32N2O6/c1-17(13-21(30)18-9-7-6-8-10-18)28-24-25(23-16-34-27(2,3)35-23)29(26(24)31)15-19-11-12-20(32-4)14-22(19)33-5/h6-14,23-25,28H,15-16H2,1-5H3/t23?,24-,25+/m0/s1. The fourth-order valence-corrected chi connectivity index (χ4v) is 4.53. The molecule has 0 aromatic heterocycles. The number of benzene rings is 2. The first-order valence-electron chi connectivity index (χ1n) is 11.6. The summed E-state index contributed by atoms with van der Waals surface area (Å²) >= 11 is 0. The van der Waals surface area contributed by atoms with Crippen LogP contribution < -0.4 is 14.8 Å². The molecule has 2 aliphatic rings. The molecule has 0 saturated carbocycles. The van der Waals surface area contributed by atoms with Gasteiger partial charge in [-0.05, 0) is 32.9 Å². The molecule has 2 saturated heterocycles. The molecule has 8 heteroatoms. The molecule has 0 spiro atoms. The van der Waals surface area contributed by atoms with Crippen LogP contribution in [0.25, 0.3) is 0 Å². The first kappa shape index (κ1) is 24.8. The summed E-state index contributed by atoms with van der Waals surface area (Å²) in [7, 11) is 3.18. The van der Waals surface area contributed by atoms with Crippen molar-refractivity contribution in [3.63, 3.8) is 0 Å². The van der Waals surface area contributed by atoms with Crippen molar-refractivity contribution in [2.75, 3.05) is 20.8 Å². The van der Waals surface area contributed by atoms with Crippen molar-refractivity contribution in [1.29, 1.82) is 0 Å². The summed E-state index contributed by atoms with van der Waals surface area (Å²) in [6, 6.07) is 13.7. The molecule has 8 nitrogen and oxygen atoms in total. The van der Waals surface area contributed by atoms with Crippen LogP contribution in [0.2, 0.25) is 0 Å². The van der Waals surface area contributed by atoms with E-state index in [2.05, 4.69) is 5.32 Å². The summed E-state index contributed by atoms with van der Waals surface area (Å²) < 4.78 is 22.7. The minimum Gasteiger partial charge on any atom is -0.497 e. The number of hydrogen-bond acceptors (Lipinski definition) is 7.